The number of benzene rings is 2. The first kappa shape index (κ1) is 14.8. The Labute approximate surface area is 132 Å². The Morgan fingerprint density at radius 2 is 1.78 bits per heavy atom. The predicted octanol–water partition coefficient (Wildman–Crippen LogP) is 1.82. The van der Waals surface area contributed by atoms with Crippen LogP contribution in [0.1, 0.15) is 5.69 Å². The Bertz CT molecular complexity index is 930. The molecule has 2 N–H and O–H groups in total. The van der Waals surface area contributed by atoms with Gasteiger partial charge in [0.15, 0.2) is 0 Å². The molecule has 0 atom stereocenters. The zero-order valence-corrected chi connectivity index (χ0v) is 12.5. The first-order chi connectivity index (χ1) is 11.0. The van der Waals surface area contributed by atoms with Crippen LogP contribution in [0.2, 0.25) is 0 Å². The fourth-order valence-electron chi connectivity index (χ4n) is 2.41. The van der Waals surface area contributed by atoms with Crippen LogP contribution in [0.15, 0.2) is 53.3 Å². The Morgan fingerprint density at radius 1 is 1.13 bits per heavy atom. The largest absolute Gasteiger partial charge is 0.508 e. The molecular weight excluding hydrogens is 294 g/mol. The molecule has 0 fully saturated rings. The van der Waals surface area contributed by atoms with Crippen LogP contribution in [0, 0.1) is 0 Å². The summed E-state index contributed by atoms with van der Waals surface area (Å²) in [5, 5.41) is 17.4. The number of carbonyl (C=O) groups excluding carboxylic acids is 1. The van der Waals surface area contributed by atoms with Crippen LogP contribution < -0.4 is 10.9 Å². The number of hydrogen-bond acceptors (Lipinski definition) is 4. The number of hydrogen-bond donors (Lipinski definition) is 2. The SMILES string of the molecule is Cn1nc(CC(=O)Nc2ccc(O)cc2)c2ccccc2c1=O. The van der Waals surface area contributed by atoms with E-state index in [1.54, 1.807) is 37.4 Å². The maximum absolute atomic E-state index is 12.2. The third-order valence-corrected chi connectivity index (χ3v) is 3.51. The fraction of sp³-hybridized carbons (Fsp3) is 0.118. The van der Waals surface area contributed by atoms with Crippen LogP contribution in [-0.2, 0) is 18.3 Å². The third kappa shape index (κ3) is 3.06. The van der Waals surface area contributed by atoms with E-state index in [9.17, 15) is 14.7 Å². The topological polar surface area (TPSA) is 84.2 Å². The summed E-state index contributed by atoms with van der Waals surface area (Å²) in [6.07, 6.45) is 0.0511. The third-order valence-electron chi connectivity index (χ3n) is 3.51. The number of nitrogens with zero attached hydrogens (tertiary/aromatic N) is 2. The molecule has 3 aromatic rings. The number of aryl methyl sites for hydroxylation is 1. The molecule has 0 spiro atoms. The van der Waals surface area contributed by atoms with Gasteiger partial charge in [-0.1, -0.05) is 18.2 Å². The maximum atomic E-state index is 12.2. The zero-order chi connectivity index (χ0) is 16.4. The van der Waals surface area contributed by atoms with Crippen molar-refractivity contribution in [3.8, 4) is 5.75 Å². The summed E-state index contributed by atoms with van der Waals surface area (Å²) >= 11 is 0. The lowest BCUT2D eigenvalue weighted by atomic mass is 10.1. The average molecular weight is 309 g/mol. The number of carbonyl (C=O) groups is 1. The van der Waals surface area contributed by atoms with E-state index in [2.05, 4.69) is 10.4 Å². The monoisotopic (exact) mass is 309 g/mol. The van der Waals surface area contributed by atoms with Crippen molar-refractivity contribution in [3.63, 3.8) is 0 Å². The molecule has 0 aliphatic heterocycles. The number of phenols is 1. The van der Waals surface area contributed by atoms with Gasteiger partial charge in [0, 0.05) is 18.1 Å². The van der Waals surface area contributed by atoms with Crippen molar-refractivity contribution >= 4 is 22.4 Å². The summed E-state index contributed by atoms with van der Waals surface area (Å²) in [7, 11) is 1.57. The van der Waals surface area contributed by atoms with Crippen molar-refractivity contribution in [1.29, 1.82) is 0 Å². The number of anilines is 1. The highest BCUT2D eigenvalue weighted by Gasteiger charge is 2.12. The minimum Gasteiger partial charge on any atom is -0.508 e. The smallest absolute Gasteiger partial charge is 0.274 e. The van der Waals surface area contributed by atoms with Crippen molar-refractivity contribution in [1.82, 2.24) is 9.78 Å². The first-order valence-corrected chi connectivity index (χ1v) is 7.08. The van der Waals surface area contributed by atoms with Gasteiger partial charge in [-0.15, -0.1) is 0 Å². The molecule has 6 heteroatoms. The van der Waals surface area contributed by atoms with Gasteiger partial charge in [-0.25, -0.2) is 4.68 Å². The molecule has 0 saturated heterocycles. The normalized spacial score (nSPS) is 10.7. The van der Waals surface area contributed by atoms with Crippen LogP contribution in [0.3, 0.4) is 0 Å². The molecule has 0 unspecified atom stereocenters. The Morgan fingerprint density at radius 3 is 2.48 bits per heavy atom. The minimum absolute atomic E-state index is 0.0511. The zero-order valence-electron chi connectivity index (χ0n) is 12.5. The van der Waals surface area contributed by atoms with Crippen LogP contribution in [0.5, 0.6) is 5.75 Å². The van der Waals surface area contributed by atoms with E-state index in [1.165, 1.54) is 16.8 Å². The molecule has 3 rings (SSSR count). The fourth-order valence-corrected chi connectivity index (χ4v) is 2.41. The standard InChI is InChI=1S/C17H15N3O3/c1-20-17(23)14-5-3-2-4-13(14)15(19-20)10-16(22)18-11-6-8-12(21)9-7-11/h2-9,21H,10H2,1H3,(H,18,22). The molecule has 0 aliphatic carbocycles. The van der Waals surface area contributed by atoms with Crippen molar-refractivity contribution in [2.75, 3.05) is 5.32 Å². The highest BCUT2D eigenvalue weighted by atomic mass is 16.3. The number of aromatic hydroxyl groups is 1. The average Bonchev–Trinajstić information content (AvgIpc) is 2.54. The summed E-state index contributed by atoms with van der Waals surface area (Å²) in [6, 6.07) is 13.3. The van der Waals surface area contributed by atoms with E-state index in [1.807, 2.05) is 6.07 Å². The van der Waals surface area contributed by atoms with Gasteiger partial charge in [0.25, 0.3) is 5.56 Å². The number of amides is 1. The predicted molar refractivity (Wildman–Crippen MR) is 87.4 cm³/mol. The van der Waals surface area contributed by atoms with Gasteiger partial charge in [-0.3, -0.25) is 9.59 Å². The van der Waals surface area contributed by atoms with E-state index in [0.29, 0.717) is 22.2 Å². The van der Waals surface area contributed by atoms with Gasteiger partial charge in [0.2, 0.25) is 5.91 Å². The molecule has 2 aromatic carbocycles. The molecule has 116 valence electrons. The van der Waals surface area contributed by atoms with Crippen molar-refractivity contribution in [2.24, 2.45) is 7.05 Å². The van der Waals surface area contributed by atoms with E-state index >= 15 is 0 Å². The summed E-state index contributed by atoms with van der Waals surface area (Å²) < 4.78 is 1.24. The molecule has 23 heavy (non-hydrogen) atoms. The summed E-state index contributed by atoms with van der Waals surface area (Å²) in [6.45, 7) is 0. The quantitative estimate of drug-likeness (QED) is 0.723. The van der Waals surface area contributed by atoms with Gasteiger partial charge >= 0.3 is 0 Å². The summed E-state index contributed by atoms with van der Waals surface area (Å²) in [5.41, 5.74) is 0.934. The van der Waals surface area contributed by atoms with Crippen LogP contribution in [0.25, 0.3) is 10.8 Å². The Kier molecular flexibility index (Phi) is 3.80. The van der Waals surface area contributed by atoms with Crippen LogP contribution in [-0.4, -0.2) is 20.8 Å². The number of rotatable bonds is 3. The van der Waals surface area contributed by atoms with Gasteiger partial charge in [-0.2, -0.15) is 5.10 Å². The second kappa shape index (κ2) is 5.92. The minimum atomic E-state index is -0.244. The molecular formula is C17H15N3O3. The van der Waals surface area contributed by atoms with Crippen molar-refractivity contribution in [2.45, 2.75) is 6.42 Å². The number of aromatic nitrogens is 2. The molecule has 0 radical (unpaired) electrons. The van der Waals surface area contributed by atoms with Gasteiger partial charge in [0.1, 0.15) is 5.75 Å². The van der Waals surface area contributed by atoms with E-state index in [0.717, 1.165) is 0 Å². The molecule has 0 aliphatic rings. The van der Waals surface area contributed by atoms with Crippen LogP contribution >= 0.6 is 0 Å². The number of phenolic OH excluding ortho intramolecular Hbond substituents is 1. The van der Waals surface area contributed by atoms with E-state index in [-0.39, 0.29) is 23.6 Å². The van der Waals surface area contributed by atoms with Crippen molar-refractivity contribution in [3.05, 3.63) is 64.6 Å². The molecule has 1 aromatic heterocycles. The highest BCUT2D eigenvalue weighted by molar-refractivity contribution is 5.95. The van der Waals surface area contributed by atoms with Crippen LogP contribution in [0.4, 0.5) is 5.69 Å². The highest BCUT2D eigenvalue weighted by Crippen LogP contribution is 2.16. The molecule has 0 saturated carbocycles. The van der Waals surface area contributed by atoms with E-state index in [4.69, 9.17) is 0 Å². The Balaban J connectivity index is 1.89. The lowest BCUT2D eigenvalue weighted by molar-refractivity contribution is -0.115. The number of fused-ring (bicyclic) bond motifs is 1. The molecule has 1 amide bonds. The molecule has 0 bridgehead atoms. The first-order valence-electron chi connectivity index (χ1n) is 7.08. The van der Waals surface area contributed by atoms with Gasteiger partial charge < -0.3 is 10.4 Å². The second-order valence-electron chi connectivity index (χ2n) is 5.19. The summed E-state index contributed by atoms with van der Waals surface area (Å²) in [5.74, 6) is -0.110. The van der Waals surface area contributed by atoms with E-state index < -0.39 is 0 Å². The molecule has 1 heterocycles. The van der Waals surface area contributed by atoms with Gasteiger partial charge in [-0.05, 0) is 30.3 Å². The Hall–Kier alpha value is -3.15. The summed E-state index contributed by atoms with van der Waals surface area (Å²) in [4.78, 5) is 24.3. The van der Waals surface area contributed by atoms with Crippen molar-refractivity contribution < 1.29 is 9.90 Å². The molecule has 6 nitrogen and oxygen atoms in total. The number of nitrogens with one attached hydrogen (secondary N) is 1. The second-order valence-corrected chi connectivity index (χ2v) is 5.19. The maximum Gasteiger partial charge on any atom is 0.274 e. The van der Waals surface area contributed by atoms with Gasteiger partial charge in [0.05, 0.1) is 17.5 Å². The lowest BCUT2D eigenvalue weighted by Crippen LogP contribution is -2.24. The lowest BCUT2D eigenvalue weighted by Gasteiger charge is -2.09.